The minimum absolute atomic E-state index is 0.0193. The fraction of sp³-hybridized carbons (Fsp3) is 0.368. The van der Waals surface area contributed by atoms with Crippen molar-refractivity contribution in [3.8, 4) is 0 Å². The number of nitro groups is 1. The van der Waals surface area contributed by atoms with Crippen molar-refractivity contribution in [2.75, 3.05) is 17.7 Å². The van der Waals surface area contributed by atoms with Crippen molar-refractivity contribution < 1.29 is 14.5 Å². The Morgan fingerprint density at radius 2 is 2.00 bits per heavy atom. The SMILES string of the molecule is COC(=O)c1c(NC(=S)Nc2cccc([N+](=O)[O-])c2C)sc2c1CCCCC2. The van der Waals surface area contributed by atoms with Crippen LogP contribution in [0.3, 0.4) is 0 Å². The summed E-state index contributed by atoms with van der Waals surface area (Å²) in [5, 5.41) is 18.1. The number of rotatable bonds is 4. The first kappa shape index (κ1) is 20.2. The Balaban J connectivity index is 1.86. The lowest BCUT2D eigenvalue weighted by molar-refractivity contribution is -0.385. The number of hydrogen-bond donors (Lipinski definition) is 2. The average molecular weight is 420 g/mol. The van der Waals surface area contributed by atoms with Crippen molar-refractivity contribution in [1.29, 1.82) is 0 Å². The van der Waals surface area contributed by atoms with Gasteiger partial charge < -0.3 is 15.4 Å². The number of fused-ring (bicyclic) bond motifs is 1. The molecule has 1 aliphatic rings. The Hall–Kier alpha value is -2.52. The van der Waals surface area contributed by atoms with Crippen molar-refractivity contribution in [3.63, 3.8) is 0 Å². The zero-order chi connectivity index (χ0) is 20.3. The number of esters is 1. The number of methoxy groups -OCH3 is 1. The highest BCUT2D eigenvalue weighted by Crippen LogP contribution is 2.38. The second-order valence-corrected chi connectivity index (χ2v) is 8.06. The fourth-order valence-electron chi connectivity index (χ4n) is 3.36. The fourth-order valence-corrected chi connectivity index (χ4v) is 4.92. The standard InChI is InChI=1S/C19H21N3O4S2/c1-11-13(8-6-9-14(11)22(24)25)20-19(27)21-17-16(18(23)26-2)12-7-4-3-5-10-15(12)28-17/h6,8-9H,3-5,7,10H2,1-2H3,(H2,20,21,27). The summed E-state index contributed by atoms with van der Waals surface area (Å²) in [5.74, 6) is -0.378. The van der Waals surface area contributed by atoms with Gasteiger partial charge in [0, 0.05) is 10.9 Å². The first-order valence-corrected chi connectivity index (χ1v) is 10.2. The van der Waals surface area contributed by atoms with Crippen LogP contribution >= 0.6 is 23.6 Å². The number of benzene rings is 1. The molecular formula is C19H21N3O4S2. The zero-order valence-electron chi connectivity index (χ0n) is 15.7. The third kappa shape index (κ3) is 4.15. The van der Waals surface area contributed by atoms with Crippen LogP contribution in [0.5, 0.6) is 0 Å². The maximum absolute atomic E-state index is 12.4. The molecule has 9 heteroatoms. The maximum atomic E-state index is 12.4. The number of nitrogens with one attached hydrogen (secondary N) is 2. The Bertz CT molecular complexity index is 940. The Morgan fingerprint density at radius 3 is 2.71 bits per heavy atom. The lowest BCUT2D eigenvalue weighted by atomic mass is 10.1. The minimum atomic E-state index is -0.428. The number of aryl methyl sites for hydroxylation is 1. The molecule has 0 bridgehead atoms. The highest BCUT2D eigenvalue weighted by molar-refractivity contribution is 7.80. The summed E-state index contributed by atoms with van der Waals surface area (Å²) >= 11 is 6.92. The predicted molar refractivity (Wildman–Crippen MR) is 115 cm³/mol. The minimum Gasteiger partial charge on any atom is -0.465 e. The zero-order valence-corrected chi connectivity index (χ0v) is 17.3. The molecule has 1 heterocycles. The molecular weight excluding hydrogens is 398 g/mol. The quantitative estimate of drug-likeness (QED) is 0.241. The van der Waals surface area contributed by atoms with E-state index in [4.69, 9.17) is 17.0 Å². The van der Waals surface area contributed by atoms with Crippen LogP contribution in [0.15, 0.2) is 18.2 Å². The van der Waals surface area contributed by atoms with Crippen LogP contribution in [-0.2, 0) is 17.6 Å². The molecule has 1 aliphatic carbocycles. The van der Waals surface area contributed by atoms with Crippen molar-refractivity contribution in [3.05, 3.63) is 49.9 Å². The molecule has 2 aromatic rings. The molecule has 0 saturated carbocycles. The van der Waals surface area contributed by atoms with Gasteiger partial charge in [0.05, 0.1) is 28.8 Å². The number of carbonyl (C=O) groups is 1. The summed E-state index contributed by atoms with van der Waals surface area (Å²) in [6, 6.07) is 4.77. The van der Waals surface area contributed by atoms with E-state index in [0.717, 1.165) is 37.7 Å². The molecule has 3 rings (SSSR count). The van der Waals surface area contributed by atoms with Gasteiger partial charge in [-0.1, -0.05) is 12.5 Å². The second kappa shape index (κ2) is 8.66. The van der Waals surface area contributed by atoms with E-state index in [-0.39, 0.29) is 16.8 Å². The van der Waals surface area contributed by atoms with E-state index >= 15 is 0 Å². The number of nitrogens with zero attached hydrogens (tertiary/aromatic N) is 1. The van der Waals surface area contributed by atoms with Crippen molar-refractivity contribution >= 4 is 51.0 Å². The van der Waals surface area contributed by atoms with Gasteiger partial charge in [0.25, 0.3) is 5.69 Å². The smallest absolute Gasteiger partial charge is 0.341 e. The summed E-state index contributed by atoms with van der Waals surface area (Å²) in [6.07, 6.45) is 5.08. The van der Waals surface area contributed by atoms with Gasteiger partial charge in [-0.05, 0) is 56.5 Å². The molecule has 28 heavy (non-hydrogen) atoms. The number of anilines is 2. The van der Waals surface area contributed by atoms with E-state index in [1.165, 1.54) is 29.4 Å². The van der Waals surface area contributed by atoms with Crippen molar-refractivity contribution in [1.82, 2.24) is 0 Å². The van der Waals surface area contributed by atoms with Crippen molar-refractivity contribution in [2.24, 2.45) is 0 Å². The molecule has 1 aromatic heterocycles. The molecule has 1 aromatic carbocycles. The van der Waals surface area contributed by atoms with Gasteiger partial charge in [-0.3, -0.25) is 10.1 Å². The number of carbonyl (C=O) groups excluding carboxylic acids is 1. The number of thiophene rings is 1. The summed E-state index contributed by atoms with van der Waals surface area (Å²) in [6.45, 7) is 1.66. The van der Waals surface area contributed by atoms with E-state index in [1.807, 2.05) is 0 Å². The maximum Gasteiger partial charge on any atom is 0.341 e. The van der Waals surface area contributed by atoms with Crippen LogP contribution in [0.25, 0.3) is 0 Å². The average Bonchev–Trinajstić information content (AvgIpc) is 2.83. The largest absolute Gasteiger partial charge is 0.465 e. The van der Waals surface area contributed by atoms with Gasteiger partial charge in [-0.2, -0.15) is 0 Å². The normalized spacial score (nSPS) is 13.2. The molecule has 0 unspecified atom stereocenters. The Labute approximate surface area is 172 Å². The molecule has 0 saturated heterocycles. The number of thiocarbonyl (C=S) groups is 1. The highest BCUT2D eigenvalue weighted by atomic mass is 32.1. The number of ether oxygens (including phenoxy) is 1. The van der Waals surface area contributed by atoms with Crippen LogP contribution in [0.2, 0.25) is 0 Å². The van der Waals surface area contributed by atoms with Gasteiger partial charge in [-0.15, -0.1) is 11.3 Å². The molecule has 7 nitrogen and oxygen atoms in total. The Kier molecular flexibility index (Phi) is 6.25. The third-order valence-electron chi connectivity index (χ3n) is 4.79. The summed E-state index contributed by atoms with van der Waals surface area (Å²) in [5.41, 5.74) is 2.65. The van der Waals surface area contributed by atoms with E-state index in [9.17, 15) is 14.9 Å². The monoisotopic (exact) mass is 419 g/mol. The van der Waals surface area contributed by atoms with Crippen LogP contribution < -0.4 is 10.6 Å². The second-order valence-electron chi connectivity index (χ2n) is 6.55. The molecule has 0 radical (unpaired) electrons. The highest BCUT2D eigenvalue weighted by Gasteiger charge is 2.26. The molecule has 0 amide bonds. The lowest BCUT2D eigenvalue weighted by Crippen LogP contribution is -2.21. The molecule has 0 atom stereocenters. The van der Waals surface area contributed by atoms with E-state index < -0.39 is 4.92 Å². The topological polar surface area (TPSA) is 93.5 Å². The van der Waals surface area contributed by atoms with Crippen molar-refractivity contribution in [2.45, 2.75) is 39.0 Å². The molecule has 0 fully saturated rings. The third-order valence-corrected chi connectivity index (χ3v) is 6.20. The molecule has 0 spiro atoms. The van der Waals surface area contributed by atoms with Crippen LogP contribution in [0.4, 0.5) is 16.4 Å². The van der Waals surface area contributed by atoms with Crippen LogP contribution in [-0.4, -0.2) is 23.1 Å². The first-order valence-electron chi connectivity index (χ1n) is 8.97. The summed E-state index contributed by atoms with van der Waals surface area (Å²) in [4.78, 5) is 24.3. The van der Waals surface area contributed by atoms with Crippen LogP contribution in [0, 0.1) is 17.0 Å². The van der Waals surface area contributed by atoms with E-state index in [2.05, 4.69) is 10.6 Å². The summed E-state index contributed by atoms with van der Waals surface area (Å²) in [7, 11) is 1.37. The van der Waals surface area contributed by atoms with E-state index in [0.29, 0.717) is 21.8 Å². The molecule has 148 valence electrons. The molecule has 0 aliphatic heterocycles. The van der Waals surface area contributed by atoms with Gasteiger partial charge in [0.2, 0.25) is 0 Å². The molecule has 2 N–H and O–H groups in total. The summed E-state index contributed by atoms with van der Waals surface area (Å²) < 4.78 is 4.99. The van der Waals surface area contributed by atoms with Crippen LogP contribution in [0.1, 0.15) is 45.6 Å². The van der Waals surface area contributed by atoms with Gasteiger partial charge in [0.15, 0.2) is 5.11 Å². The predicted octanol–water partition coefficient (Wildman–Crippen LogP) is 4.83. The van der Waals surface area contributed by atoms with Gasteiger partial charge in [0.1, 0.15) is 5.00 Å². The van der Waals surface area contributed by atoms with Gasteiger partial charge in [-0.25, -0.2) is 4.79 Å². The number of hydrogen-bond acceptors (Lipinski definition) is 6. The van der Waals surface area contributed by atoms with Gasteiger partial charge >= 0.3 is 5.97 Å². The number of nitro benzene ring substituents is 1. The Morgan fingerprint density at radius 1 is 1.25 bits per heavy atom. The lowest BCUT2D eigenvalue weighted by Gasteiger charge is -2.13. The van der Waals surface area contributed by atoms with E-state index in [1.54, 1.807) is 19.1 Å². The first-order chi connectivity index (χ1) is 13.4.